The molecule has 10 heteroatoms. The summed E-state index contributed by atoms with van der Waals surface area (Å²) < 4.78 is 6.78. The number of carbonyl (C=O) groups excluding carboxylic acids is 1. The van der Waals surface area contributed by atoms with Crippen LogP contribution in [0.4, 0.5) is 5.69 Å². The molecule has 4 rings (SSSR count). The van der Waals surface area contributed by atoms with Gasteiger partial charge in [0.1, 0.15) is 11.0 Å². The normalized spacial score (nSPS) is 11.7. The van der Waals surface area contributed by atoms with Crippen LogP contribution in [0.15, 0.2) is 78.0 Å². The second-order valence-electron chi connectivity index (χ2n) is 6.63. The number of nitrogens with one attached hydrogen (secondary N) is 1. The van der Waals surface area contributed by atoms with Crippen LogP contribution < -0.4 is 10.1 Å². The largest absolute Gasteiger partial charge is 0.497 e. The SMILES string of the molecule is COc1ccc(-n2nnnc2S[C@@H](C(=O)Nc2cc(Cl)cc(Cl)c2)c2ccccc2)cc1. The molecule has 0 unspecified atom stereocenters. The lowest BCUT2D eigenvalue weighted by molar-refractivity contribution is -0.115. The zero-order valence-corrected chi connectivity index (χ0v) is 19.1. The molecule has 0 bridgehead atoms. The fourth-order valence-electron chi connectivity index (χ4n) is 2.98. The summed E-state index contributed by atoms with van der Waals surface area (Å²) in [5.74, 6) is 0.460. The fourth-order valence-corrected chi connectivity index (χ4v) is 4.50. The van der Waals surface area contributed by atoms with E-state index in [0.29, 0.717) is 20.9 Å². The third kappa shape index (κ3) is 5.21. The van der Waals surface area contributed by atoms with Crippen molar-refractivity contribution in [2.45, 2.75) is 10.4 Å². The number of amides is 1. The van der Waals surface area contributed by atoms with Crippen molar-refractivity contribution >= 4 is 46.6 Å². The number of methoxy groups -OCH3 is 1. The van der Waals surface area contributed by atoms with Gasteiger partial charge in [0.05, 0.1) is 12.8 Å². The van der Waals surface area contributed by atoms with Crippen molar-refractivity contribution in [2.24, 2.45) is 0 Å². The van der Waals surface area contributed by atoms with Crippen LogP contribution in [0.2, 0.25) is 10.0 Å². The maximum Gasteiger partial charge on any atom is 0.242 e. The van der Waals surface area contributed by atoms with Crippen molar-refractivity contribution in [3.63, 3.8) is 0 Å². The molecule has 4 aromatic rings. The number of carbonyl (C=O) groups is 1. The first kappa shape index (κ1) is 22.1. The van der Waals surface area contributed by atoms with E-state index >= 15 is 0 Å². The molecule has 3 aromatic carbocycles. The minimum Gasteiger partial charge on any atom is -0.497 e. The van der Waals surface area contributed by atoms with Gasteiger partial charge in [-0.05, 0) is 58.5 Å². The number of rotatable bonds is 7. The highest BCUT2D eigenvalue weighted by Crippen LogP contribution is 2.36. The van der Waals surface area contributed by atoms with Crippen LogP contribution in [0, 0.1) is 0 Å². The Kier molecular flexibility index (Phi) is 6.94. The predicted molar refractivity (Wildman–Crippen MR) is 126 cm³/mol. The molecule has 0 aliphatic carbocycles. The van der Waals surface area contributed by atoms with Crippen molar-refractivity contribution in [3.05, 3.63) is 88.4 Å². The highest BCUT2D eigenvalue weighted by Gasteiger charge is 2.25. The first-order chi connectivity index (χ1) is 15.5. The smallest absolute Gasteiger partial charge is 0.242 e. The average molecular weight is 486 g/mol. The fraction of sp³-hybridized carbons (Fsp3) is 0.0909. The van der Waals surface area contributed by atoms with Gasteiger partial charge in [0, 0.05) is 15.7 Å². The maximum absolute atomic E-state index is 13.3. The number of hydrogen-bond acceptors (Lipinski definition) is 6. The van der Waals surface area contributed by atoms with E-state index in [1.54, 1.807) is 30.0 Å². The Morgan fingerprint density at radius 3 is 2.38 bits per heavy atom. The molecule has 1 N–H and O–H groups in total. The molecular formula is C22H17Cl2N5O2S. The number of nitrogens with zero attached hydrogens (tertiary/aromatic N) is 4. The highest BCUT2D eigenvalue weighted by molar-refractivity contribution is 8.00. The van der Waals surface area contributed by atoms with Crippen LogP contribution in [0.3, 0.4) is 0 Å². The summed E-state index contributed by atoms with van der Waals surface area (Å²) in [6, 6.07) is 21.6. The van der Waals surface area contributed by atoms with Gasteiger partial charge in [-0.25, -0.2) is 0 Å². The number of anilines is 1. The maximum atomic E-state index is 13.3. The molecular weight excluding hydrogens is 469 g/mol. The number of aromatic nitrogens is 4. The third-order valence-electron chi connectivity index (χ3n) is 4.45. The molecule has 0 saturated heterocycles. The summed E-state index contributed by atoms with van der Waals surface area (Å²) in [4.78, 5) is 13.3. The van der Waals surface area contributed by atoms with Gasteiger partial charge in [0.2, 0.25) is 11.1 Å². The molecule has 7 nitrogen and oxygen atoms in total. The van der Waals surface area contributed by atoms with Crippen molar-refractivity contribution in [3.8, 4) is 11.4 Å². The van der Waals surface area contributed by atoms with Crippen LogP contribution in [0.1, 0.15) is 10.8 Å². The van der Waals surface area contributed by atoms with E-state index in [4.69, 9.17) is 27.9 Å². The lowest BCUT2D eigenvalue weighted by atomic mass is 10.1. The zero-order valence-electron chi connectivity index (χ0n) is 16.8. The van der Waals surface area contributed by atoms with Gasteiger partial charge < -0.3 is 10.1 Å². The van der Waals surface area contributed by atoms with Crippen LogP contribution in [-0.4, -0.2) is 33.2 Å². The number of tetrazole rings is 1. The number of halogens is 2. The Hall–Kier alpha value is -3.07. The Morgan fingerprint density at radius 1 is 1.03 bits per heavy atom. The second-order valence-corrected chi connectivity index (χ2v) is 8.57. The molecule has 1 atom stereocenters. The minimum absolute atomic E-state index is 0.260. The van der Waals surface area contributed by atoms with Crippen molar-refractivity contribution in [2.75, 3.05) is 12.4 Å². The third-order valence-corrected chi connectivity index (χ3v) is 6.08. The number of thioether (sulfide) groups is 1. The average Bonchev–Trinajstić information content (AvgIpc) is 3.25. The Morgan fingerprint density at radius 2 is 1.72 bits per heavy atom. The van der Waals surface area contributed by atoms with Crippen LogP contribution >= 0.6 is 35.0 Å². The van der Waals surface area contributed by atoms with E-state index in [2.05, 4.69) is 20.8 Å². The molecule has 32 heavy (non-hydrogen) atoms. The van der Waals surface area contributed by atoms with Crippen molar-refractivity contribution < 1.29 is 9.53 Å². The topological polar surface area (TPSA) is 81.9 Å². The van der Waals surface area contributed by atoms with Gasteiger partial charge in [-0.3, -0.25) is 4.79 Å². The van der Waals surface area contributed by atoms with Crippen LogP contribution in [0.25, 0.3) is 5.69 Å². The molecule has 0 spiro atoms. The van der Waals surface area contributed by atoms with Gasteiger partial charge in [0.15, 0.2) is 0 Å². The van der Waals surface area contributed by atoms with E-state index in [9.17, 15) is 4.79 Å². The minimum atomic E-state index is -0.628. The van der Waals surface area contributed by atoms with Gasteiger partial charge in [-0.1, -0.05) is 65.3 Å². The molecule has 0 fully saturated rings. The monoisotopic (exact) mass is 485 g/mol. The van der Waals surface area contributed by atoms with Crippen LogP contribution in [-0.2, 0) is 4.79 Å². The molecule has 1 aromatic heterocycles. The van der Waals surface area contributed by atoms with Gasteiger partial charge in [-0.2, -0.15) is 4.68 Å². The molecule has 1 amide bonds. The summed E-state index contributed by atoms with van der Waals surface area (Å²) in [7, 11) is 1.60. The van der Waals surface area contributed by atoms with Crippen molar-refractivity contribution in [1.29, 1.82) is 0 Å². The van der Waals surface area contributed by atoms with Gasteiger partial charge in [0.25, 0.3) is 0 Å². The molecule has 1 heterocycles. The van der Waals surface area contributed by atoms with E-state index in [1.807, 2.05) is 54.6 Å². The van der Waals surface area contributed by atoms with E-state index < -0.39 is 5.25 Å². The number of hydrogen-bond donors (Lipinski definition) is 1. The Bertz CT molecular complexity index is 1200. The Labute approximate surface area is 198 Å². The molecule has 0 radical (unpaired) electrons. The van der Waals surface area contributed by atoms with Crippen molar-refractivity contribution in [1.82, 2.24) is 20.2 Å². The zero-order chi connectivity index (χ0) is 22.5. The van der Waals surface area contributed by atoms with E-state index in [1.165, 1.54) is 11.8 Å². The molecule has 0 aliphatic heterocycles. The summed E-state index contributed by atoms with van der Waals surface area (Å²) in [5, 5.41) is 15.6. The van der Waals surface area contributed by atoms with Crippen LogP contribution in [0.5, 0.6) is 5.75 Å². The summed E-state index contributed by atoms with van der Waals surface area (Å²) in [6.45, 7) is 0. The number of ether oxygens (including phenoxy) is 1. The lowest BCUT2D eigenvalue weighted by Crippen LogP contribution is -2.19. The molecule has 162 valence electrons. The highest BCUT2D eigenvalue weighted by atomic mass is 35.5. The van der Waals surface area contributed by atoms with E-state index in [0.717, 1.165) is 17.0 Å². The molecule has 0 aliphatic rings. The first-order valence-corrected chi connectivity index (χ1v) is 11.1. The van der Waals surface area contributed by atoms with E-state index in [-0.39, 0.29) is 5.91 Å². The molecule has 0 saturated carbocycles. The first-order valence-electron chi connectivity index (χ1n) is 9.45. The summed E-state index contributed by atoms with van der Waals surface area (Å²) >= 11 is 13.4. The predicted octanol–water partition coefficient (Wildman–Crippen LogP) is 5.45. The standard InChI is InChI=1S/C22H17Cl2N5O2S/c1-31-19-9-7-18(8-10-19)29-22(26-27-28-29)32-20(14-5-3-2-4-6-14)21(30)25-17-12-15(23)11-16(24)13-17/h2-13,20H,1H3,(H,25,30)/t20-/m1/s1. The summed E-state index contributed by atoms with van der Waals surface area (Å²) in [6.07, 6.45) is 0. The quantitative estimate of drug-likeness (QED) is 0.350. The number of benzene rings is 3. The van der Waals surface area contributed by atoms with Gasteiger partial charge >= 0.3 is 0 Å². The summed E-state index contributed by atoms with van der Waals surface area (Å²) in [5.41, 5.74) is 2.04. The second kappa shape index (κ2) is 10.0. The van der Waals surface area contributed by atoms with Gasteiger partial charge in [-0.15, -0.1) is 5.10 Å². The lowest BCUT2D eigenvalue weighted by Gasteiger charge is -2.17. The Balaban J connectivity index is 1.64.